The highest BCUT2D eigenvalue weighted by Gasteiger charge is 2.42. The zero-order chi connectivity index (χ0) is 11.6. The summed E-state index contributed by atoms with van der Waals surface area (Å²) in [6.07, 6.45) is 2.89. The molecule has 0 unspecified atom stereocenters. The molecule has 16 heavy (non-hydrogen) atoms. The van der Waals surface area contributed by atoms with Crippen LogP contribution in [0.25, 0.3) is 0 Å². The van der Waals surface area contributed by atoms with Crippen molar-refractivity contribution >= 4 is 29.9 Å². The van der Waals surface area contributed by atoms with E-state index in [4.69, 9.17) is 0 Å². The van der Waals surface area contributed by atoms with Crippen LogP contribution in [0, 0.1) is 12.3 Å². The van der Waals surface area contributed by atoms with Gasteiger partial charge in [-0.2, -0.15) is 12.6 Å². The van der Waals surface area contributed by atoms with E-state index in [1.54, 1.807) is 11.3 Å². The first-order chi connectivity index (χ1) is 7.63. The lowest BCUT2D eigenvalue weighted by Crippen LogP contribution is -2.26. The average Bonchev–Trinajstić information content (AvgIpc) is 2.91. The van der Waals surface area contributed by atoms with Gasteiger partial charge in [0.15, 0.2) is 0 Å². The summed E-state index contributed by atoms with van der Waals surface area (Å²) < 4.78 is 0. The maximum Gasteiger partial charge on any atom is 0.220 e. The van der Waals surface area contributed by atoms with Crippen LogP contribution < -0.4 is 5.32 Å². The highest BCUT2D eigenvalue weighted by atomic mass is 32.1. The number of aryl methyl sites for hydroxylation is 1. The summed E-state index contributed by atoms with van der Waals surface area (Å²) in [6, 6.07) is 0. The van der Waals surface area contributed by atoms with Crippen molar-refractivity contribution in [1.82, 2.24) is 10.3 Å². The Labute approximate surface area is 105 Å². The summed E-state index contributed by atoms with van der Waals surface area (Å²) in [5, 5.41) is 5.94. The fraction of sp³-hybridized carbons (Fsp3) is 0.636. The molecule has 88 valence electrons. The molecule has 1 amide bonds. The second kappa shape index (κ2) is 4.75. The maximum absolute atomic E-state index is 11.7. The second-order valence-electron chi connectivity index (χ2n) is 4.47. The van der Waals surface area contributed by atoms with Crippen molar-refractivity contribution in [3.63, 3.8) is 0 Å². The molecule has 1 aliphatic carbocycles. The van der Waals surface area contributed by atoms with Gasteiger partial charge in [-0.3, -0.25) is 4.79 Å². The summed E-state index contributed by atoms with van der Waals surface area (Å²) in [4.78, 5) is 16.0. The van der Waals surface area contributed by atoms with Gasteiger partial charge in [-0.15, -0.1) is 11.3 Å². The van der Waals surface area contributed by atoms with Crippen LogP contribution in [-0.4, -0.2) is 16.6 Å². The van der Waals surface area contributed by atoms with Crippen LogP contribution >= 0.6 is 24.0 Å². The Hall–Kier alpha value is -0.550. The van der Waals surface area contributed by atoms with Crippen LogP contribution in [0.5, 0.6) is 0 Å². The van der Waals surface area contributed by atoms with Crippen LogP contribution in [-0.2, 0) is 11.3 Å². The molecule has 1 fully saturated rings. The third-order valence-corrected chi connectivity index (χ3v) is 4.45. The van der Waals surface area contributed by atoms with Gasteiger partial charge in [-0.05, 0) is 30.9 Å². The molecule has 0 radical (unpaired) electrons. The van der Waals surface area contributed by atoms with Crippen LogP contribution in [0.4, 0.5) is 0 Å². The summed E-state index contributed by atoms with van der Waals surface area (Å²) in [5.41, 5.74) is 1.15. The van der Waals surface area contributed by atoms with E-state index in [2.05, 4.69) is 22.9 Å². The van der Waals surface area contributed by atoms with E-state index in [0.29, 0.717) is 13.0 Å². The molecule has 0 spiro atoms. The van der Waals surface area contributed by atoms with Crippen LogP contribution in [0.15, 0.2) is 5.38 Å². The van der Waals surface area contributed by atoms with Gasteiger partial charge in [0, 0.05) is 11.8 Å². The molecule has 1 saturated carbocycles. The molecule has 0 aromatic carbocycles. The maximum atomic E-state index is 11.7. The molecule has 0 saturated heterocycles. The number of nitrogens with zero attached hydrogens (tertiary/aromatic N) is 1. The number of amides is 1. The number of aromatic nitrogens is 1. The van der Waals surface area contributed by atoms with E-state index in [9.17, 15) is 4.79 Å². The Morgan fingerprint density at radius 2 is 2.44 bits per heavy atom. The van der Waals surface area contributed by atoms with Crippen molar-refractivity contribution in [2.75, 3.05) is 5.75 Å². The largest absolute Gasteiger partial charge is 0.350 e. The number of thiazole rings is 1. The molecule has 0 atom stereocenters. The van der Waals surface area contributed by atoms with Crippen molar-refractivity contribution in [1.29, 1.82) is 0 Å². The Balaban J connectivity index is 1.76. The minimum Gasteiger partial charge on any atom is -0.350 e. The Bertz CT molecular complexity index is 385. The number of rotatable bonds is 5. The third kappa shape index (κ3) is 2.98. The lowest BCUT2D eigenvalue weighted by atomic mass is 10.1. The van der Waals surface area contributed by atoms with E-state index in [1.165, 1.54) is 0 Å². The molecule has 5 heteroatoms. The van der Waals surface area contributed by atoms with Gasteiger partial charge in [0.2, 0.25) is 5.91 Å². The predicted octanol–water partition coefficient (Wildman–Crippen LogP) is 2.17. The van der Waals surface area contributed by atoms with E-state index < -0.39 is 0 Å². The molecular formula is C11H16N2OS2. The van der Waals surface area contributed by atoms with Gasteiger partial charge in [-0.25, -0.2) is 4.98 Å². The van der Waals surface area contributed by atoms with Gasteiger partial charge in [-0.1, -0.05) is 0 Å². The number of nitrogens with one attached hydrogen (secondary N) is 1. The summed E-state index contributed by atoms with van der Waals surface area (Å²) in [5.74, 6) is 0.938. The summed E-state index contributed by atoms with van der Waals surface area (Å²) in [6.45, 7) is 2.52. The number of carbonyl (C=O) groups is 1. The summed E-state index contributed by atoms with van der Waals surface area (Å²) >= 11 is 5.90. The zero-order valence-electron chi connectivity index (χ0n) is 9.32. The number of hydrogen-bond donors (Lipinski definition) is 2. The first kappa shape index (κ1) is 11.9. The molecule has 2 rings (SSSR count). The van der Waals surface area contributed by atoms with Crippen LogP contribution in [0.3, 0.4) is 0 Å². The monoisotopic (exact) mass is 256 g/mol. The topological polar surface area (TPSA) is 42.0 Å². The average molecular weight is 256 g/mol. The molecular weight excluding hydrogens is 240 g/mol. The molecule has 0 bridgehead atoms. The quantitative estimate of drug-likeness (QED) is 0.793. The fourth-order valence-electron chi connectivity index (χ4n) is 1.65. The highest BCUT2D eigenvalue weighted by molar-refractivity contribution is 7.80. The fourth-order valence-corrected chi connectivity index (χ4v) is 2.69. The van der Waals surface area contributed by atoms with Crippen molar-refractivity contribution in [2.24, 2.45) is 5.41 Å². The number of carbonyl (C=O) groups excluding carboxylic acids is 1. The third-order valence-electron chi connectivity index (χ3n) is 2.96. The van der Waals surface area contributed by atoms with Crippen molar-refractivity contribution in [3.8, 4) is 0 Å². The molecule has 0 aliphatic heterocycles. The Morgan fingerprint density at radius 3 is 2.94 bits per heavy atom. The van der Waals surface area contributed by atoms with Gasteiger partial charge < -0.3 is 5.32 Å². The molecule has 1 heterocycles. The SMILES string of the molecule is Cc1nc(CNC(=O)CC2(CS)CC2)cs1. The molecule has 3 nitrogen and oxygen atoms in total. The van der Waals surface area contributed by atoms with Gasteiger partial charge >= 0.3 is 0 Å². The molecule has 1 aliphatic rings. The standard InChI is InChI=1S/C11H16N2OS2/c1-8-13-9(6-16-8)5-12-10(14)4-11(7-15)2-3-11/h6,15H,2-5,7H2,1H3,(H,12,14). The van der Waals surface area contributed by atoms with Crippen molar-refractivity contribution in [2.45, 2.75) is 32.7 Å². The van der Waals surface area contributed by atoms with Crippen molar-refractivity contribution < 1.29 is 4.79 Å². The first-order valence-electron chi connectivity index (χ1n) is 5.42. The minimum absolute atomic E-state index is 0.122. The molecule has 1 aromatic heterocycles. The number of thiol groups is 1. The second-order valence-corrected chi connectivity index (χ2v) is 5.85. The zero-order valence-corrected chi connectivity index (χ0v) is 11.0. The van der Waals surface area contributed by atoms with E-state index in [1.807, 2.05) is 12.3 Å². The highest BCUT2D eigenvalue weighted by Crippen LogP contribution is 2.49. The molecule has 1 N–H and O–H groups in total. The van der Waals surface area contributed by atoms with Gasteiger partial charge in [0.05, 0.1) is 17.2 Å². The minimum atomic E-state index is 0.122. The lowest BCUT2D eigenvalue weighted by molar-refractivity contribution is -0.122. The lowest BCUT2D eigenvalue weighted by Gasteiger charge is -2.10. The normalized spacial score (nSPS) is 17.1. The van der Waals surface area contributed by atoms with Crippen molar-refractivity contribution in [3.05, 3.63) is 16.1 Å². The Kier molecular flexibility index (Phi) is 3.54. The van der Waals surface area contributed by atoms with Gasteiger partial charge in [0.25, 0.3) is 0 Å². The first-order valence-corrected chi connectivity index (χ1v) is 6.93. The predicted molar refractivity (Wildman–Crippen MR) is 68.8 cm³/mol. The summed E-state index contributed by atoms with van der Waals surface area (Å²) in [7, 11) is 0. The van der Waals surface area contributed by atoms with E-state index in [-0.39, 0.29) is 11.3 Å². The smallest absolute Gasteiger partial charge is 0.220 e. The van der Waals surface area contributed by atoms with E-state index >= 15 is 0 Å². The molecule has 1 aromatic rings. The van der Waals surface area contributed by atoms with Crippen LogP contribution in [0.2, 0.25) is 0 Å². The van der Waals surface area contributed by atoms with Crippen LogP contribution in [0.1, 0.15) is 30.0 Å². The Morgan fingerprint density at radius 1 is 1.69 bits per heavy atom. The van der Waals surface area contributed by atoms with Gasteiger partial charge in [0.1, 0.15) is 0 Å². The van der Waals surface area contributed by atoms with E-state index in [0.717, 1.165) is 29.3 Å². The number of hydrogen-bond acceptors (Lipinski definition) is 4.